The summed E-state index contributed by atoms with van der Waals surface area (Å²) in [6.07, 6.45) is 4.24. The van der Waals surface area contributed by atoms with Gasteiger partial charge in [0.1, 0.15) is 0 Å². The predicted octanol–water partition coefficient (Wildman–Crippen LogP) is 4.89. The average Bonchev–Trinajstić information content (AvgIpc) is 3.07. The van der Waals surface area contributed by atoms with Crippen LogP contribution in [0, 0.1) is 23.7 Å². The number of rotatable bonds is 5. The Morgan fingerprint density at radius 1 is 0.939 bits per heavy atom. The normalized spacial score (nSPS) is 39.4. The first-order chi connectivity index (χ1) is 15.8. The lowest BCUT2D eigenvalue weighted by Gasteiger charge is -2.58. The van der Waals surface area contributed by atoms with E-state index < -0.39 is 5.79 Å². The first-order valence-corrected chi connectivity index (χ1v) is 12.9. The van der Waals surface area contributed by atoms with Crippen LogP contribution >= 0.6 is 0 Å². The summed E-state index contributed by atoms with van der Waals surface area (Å²) >= 11 is 0. The Balaban J connectivity index is 0.000000166. The monoisotopic (exact) mass is 461 g/mol. The van der Waals surface area contributed by atoms with E-state index in [2.05, 4.69) is 44.7 Å². The summed E-state index contributed by atoms with van der Waals surface area (Å²) in [5, 5.41) is 8.89. The fraction of sp³-hybridized carbons (Fsp3) is 0.778. The zero-order valence-electron chi connectivity index (χ0n) is 21.1. The highest BCUT2D eigenvalue weighted by Crippen LogP contribution is 2.59. The molecule has 4 aliphatic heterocycles. The van der Waals surface area contributed by atoms with E-state index in [1.165, 1.54) is 18.4 Å². The van der Waals surface area contributed by atoms with Crippen molar-refractivity contribution in [2.24, 2.45) is 23.7 Å². The second-order valence-electron chi connectivity index (χ2n) is 10.7. The molecule has 33 heavy (non-hydrogen) atoms. The standard InChI is InChI=1S/C15H24O4.C12H19NO/c1-9-4-5-11-10(2)8-16-13-15(11)12(9)6-7-14(3,17-13)18-19-15;1-3-13(4-2)9-11-5-7-12(10-14)8-6-11/h9-13H,4-8H2,1-3H3;5-8,14H,3-4,9-10H2,1-2H3/t9-,10+,11?,12+,13?,14-,15+;/m1./s1. The highest BCUT2D eigenvalue weighted by molar-refractivity contribution is 5.21. The van der Waals surface area contributed by atoms with Gasteiger partial charge < -0.3 is 14.6 Å². The van der Waals surface area contributed by atoms with Crippen LogP contribution in [-0.4, -0.2) is 47.4 Å². The highest BCUT2D eigenvalue weighted by Gasteiger charge is 2.67. The molecule has 5 aliphatic rings. The van der Waals surface area contributed by atoms with E-state index in [4.69, 9.17) is 24.4 Å². The average molecular weight is 462 g/mol. The molecule has 0 aromatic heterocycles. The third-order valence-corrected chi connectivity index (χ3v) is 8.48. The molecule has 186 valence electrons. The molecule has 0 amide bonds. The number of hydrogen-bond acceptors (Lipinski definition) is 6. The van der Waals surface area contributed by atoms with Crippen LogP contribution in [0.3, 0.4) is 0 Å². The highest BCUT2D eigenvalue weighted by atomic mass is 17.3. The van der Waals surface area contributed by atoms with Crippen LogP contribution < -0.4 is 0 Å². The molecule has 1 aromatic rings. The van der Waals surface area contributed by atoms with Crippen LogP contribution in [0.4, 0.5) is 0 Å². The molecular formula is C27H43NO5. The van der Waals surface area contributed by atoms with Gasteiger partial charge in [-0.1, -0.05) is 52.0 Å². The summed E-state index contributed by atoms with van der Waals surface area (Å²) in [6, 6.07) is 8.14. The van der Waals surface area contributed by atoms with Gasteiger partial charge in [0, 0.05) is 18.9 Å². The molecule has 1 spiro atoms. The smallest absolute Gasteiger partial charge is 0.201 e. The van der Waals surface area contributed by atoms with E-state index in [0.717, 1.165) is 44.6 Å². The van der Waals surface area contributed by atoms with E-state index in [1.54, 1.807) is 0 Å². The lowest BCUT2D eigenvalue weighted by Crippen LogP contribution is -2.68. The molecule has 4 heterocycles. The minimum atomic E-state index is -0.627. The van der Waals surface area contributed by atoms with Gasteiger partial charge in [0.2, 0.25) is 5.79 Å². The molecule has 1 N–H and O–H groups in total. The van der Waals surface area contributed by atoms with Crippen molar-refractivity contribution in [1.82, 2.24) is 4.90 Å². The Hall–Kier alpha value is -1.02. The van der Waals surface area contributed by atoms with Crippen molar-refractivity contribution in [1.29, 1.82) is 0 Å². The second-order valence-corrected chi connectivity index (χ2v) is 10.7. The first kappa shape index (κ1) is 25.1. The fourth-order valence-corrected chi connectivity index (χ4v) is 6.33. The number of ether oxygens (including phenoxy) is 2. The molecule has 6 heteroatoms. The molecular weight excluding hydrogens is 418 g/mol. The molecule has 4 saturated heterocycles. The van der Waals surface area contributed by atoms with Crippen molar-refractivity contribution in [2.75, 3.05) is 19.7 Å². The molecule has 2 unspecified atom stereocenters. The molecule has 6 rings (SSSR count). The van der Waals surface area contributed by atoms with E-state index in [0.29, 0.717) is 23.7 Å². The summed E-state index contributed by atoms with van der Waals surface area (Å²) in [4.78, 5) is 14.1. The second kappa shape index (κ2) is 10.3. The maximum Gasteiger partial charge on any atom is 0.201 e. The predicted molar refractivity (Wildman–Crippen MR) is 127 cm³/mol. The third kappa shape index (κ3) is 4.89. The molecule has 6 nitrogen and oxygen atoms in total. The first-order valence-electron chi connectivity index (χ1n) is 12.9. The van der Waals surface area contributed by atoms with Gasteiger partial charge in [0.05, 0.1) is 13.2 Å². The van der Waals surface area contributed by atoms with Crippen LogP contribution in [0.5, 0.6) is 0 Å². The molecule has 7 atom stereocenters. The van der Waals surface area contributed by atoms with E-state index in [-0.39, 0.29) is 18.5 Å². The van der Waals surface area contributed by atoms with Crippen molar-refractivity contribution >= 4 is 0 Å². The number of benzene rings is 1. The Kier molecular flexibility index (Phi) is 7.83. The summed E-state index contributed by atoms with van der Waals surface area (Å²) in [6.45, 7) is 15.0. The SMILES string of the molecule is CCN(CC)Cc1ccc(CO)cc1.C[C@@H]1CCC2[C@@H](C)COC3O[C@@]4(C)CC[C@@H]1[C@]32OO4. The van der Waals surface area contributed by atoms with Gasteiger partial charge in [0.25, 0.3) is 0 Å². The third-order valence-electron chi connectivity index (χ3n) is 8.48. The van der Waals surface area contributed by atoms with Gasteiger partial charge in [-0.05, 0) is 68.2 Å². The zero-order valence-corrected chi connectivity index (χ0v) is 21.1. The maximum absolute atomic E-state index is 8.89. The Labute approximate surface area is 199 Å². The van der Waals surface area contributed by atoms with Crippen molar-refractivity contribution in [3.63, 3.8) is 0 Å². The van der Waals surface area contributed by atoms with Crippen LogP contribution in [0.25, 0.3) is 0 Å². The van der Waals surface area contributed by atoms with Crippen molar-refractivity contribution < 1.29 is 24.4 Å². The molecule has 1 saturated carbocycles. The summed E-state index contributed by atoms with van der Waals surface area (Å²) in [5.41, 5.74) is 1.92. The number of hydrogen-bond donors (Lipinski definition) is 1. The number of nitrogens with zero attached hydrogens (tertiary/aromatic N) is 1. The van der Waals surface area contributed by atoms with Gasteiger partial charge in [-0.15, -0.1) is 0 Å². The number of fused-ring (bicyclic) bond motifs is 2. The van der Waals surface area contributed by atoms with Crippen LogP contribution in [0.1, 0.15) is 71.4 Å². The quantitative estimate of drug-likeness (QED) is 0.630. The maximum atomic E-state index is 8.89. The summed E-state index contributed by atoms with van der Waals surface area (Å²) < 4.78 is 12.2. The van der Waals surface area contributed by atoms with Crippen LogP contribution in [-0.2, 0) is 32.4 Å². The molecule has 1 aromatic carbocycles. The van der Waals surface area contributed by atoms with E-state index in [9.17, 15) is 0 Å². The minimum Gasteiger partial charge on any atom is -0.392 e. The molecule has 2 bridgehead atoms. The molecule has 0 radical (unpaired) electrons. The van der Waals surface area contributed by atoms with Crippen LogP contribution in [0.2, 0.25) is 0 Å². The van der Waals surface area contributed by atoms with Crippen LogP contribution in [0.15, 0.2) is 24.3 Å². The van der Waals surface area contributed by atoms with Crippen molar-refractivity contribution in [2.45, 2.75) is 91.1 Å². The lowest BCUT2D eigenvalue weighted by atomic mass is 9.58. The zero-order chi connectivity index (χ0) is 23.6. The van der Waals surface area contributed by atoms with E-state index in [1.807, 2.05) is 19.1 Å². The number of aliphatic hydroxyl groups is 1. The van der Waals surface area contributed by atoms with Crippen molar-refractivity contribution in [3.8, 4) is 0 Å². The summed E-state index contributed by atoms with van der Waals surface area (Å²) in [7, 11) is 0. The molecule has 1 aliphatic carbocycles. The fourth-order valence-electron chi connectivity index (χ4n) is 6.33. The van der Waals surface area contributed by atoms with E-state index >= 15 is 0 Å². The summed E-state index contributed by atoms with van der Waals surface area (Å²) in [5.74, 6) is 1.53. The lowest BCUT2D eigenvalue weighted by molar-refractivity contribution is -0.566. The van der Waals surface area contributed by atoms with Crippen molar-refractivity contribution in [3.05, 3.63) is 35.4 Å². The topological polar surface area (TPSA) is 60.4 Å². The Morgan fingerprint density at radius 3 is 2.27 bits per heavy atom. The molecule has 5 fully saturated rings. The van der Waals surface area contributed by atoms with Gasteiger partial charge in [-0.2, -0.15) is 0 Å². The van der Waals surface area contributed by atoms with Gasteiger partial charge in [0.15, 0.2) is 11.9 Å². The Morgan fingerprint density at radius 2 is 1.61 bits per heavy atom. The van der Waals surface area contributed by atoms with Gasteiger partial charge in [-0.25, -0.2) is 9.78 Å². The minimum absolute atomic E-state index is 0.131. The number of aliphatic hydroxyl groups excluding tert-OH is 1. The van der Waals surface area contributed by atoms with Gasteiger partial charge >= 0.3 is 0 Å². The largest absolute Gasteiger partial charge is 0.392 e. The van der Waals surface area contributed by atoms with Gasteiger partial charge in [-0.3, -0.25) is 4.90 Å². The Bertz CT molecular complexity index is 768.